The van der Waals surface area contributed by atoms with Crippen molar-refractivity contribution in [1.82, 2.24) is 0 Å². The third-order valence-corrected chi connectivity index (χ3v) is 5.18. The van der Waals surface area contributed by atoms with Gasteiger partial charge < -0.3 is 15.2 Å². The van der Waals surface area contributed by atoms with E-state index in [2.05, 4.69) is 10.1 Å². The normalized spacial score (nSPS) is 28.6. The molecule has 0 radical (unpaired) electrons. The van der Waals surface area contributed by atoms with E-state index in [0.717, 1.165) is 0 Å². The SMILES string of the molecule is COC(=O)c1ccsc1NC(=O)[C@@H]1[C@@H](C(=O)O)[C@H]2C=C[C@H]1C2. The van der Waals surface area contributed by atoms with E-state index in [4.69, 9.17) is 0 Å². The van der Waals surface area contributed by atoms with E-state index in [1.165, 1.54) is 18.4 Å². The number of carbonyl (C=O) groups is 3. The van der Waals surface area contributed by atoms with Gasteiger partial charge >= 0.3 is 11.9 Å². The Labute approximate surface area is 130 Å². The van der Waals surface area contributed by atoms with Crippen molar-refractivity contribution in [3.05, 3.63) is 29.2 Å². The summed E-state index contributed by atoms with van der Waals surface area (Å²) in [6.45, 7) is 0. The number of thiophene rings is 1. The Kier molecular flexibility index (Phi) is 3.74. The molecule has 3 rings (SSSR count). The molecule has 1 aromatic rings. The molecule has 116 valence electrons. The second-order valence-corrected chi connectivity index (χ2v) is 6.40. The lowest BCUT2D eigenvalue weighted by atomic mass is 9.82. The van der Waals surface area contributed by atoms with Crippen LogP contribution in [-0.2, 0) is 14.3 Å². The molecule has 1 heterocycles. The Morgan fingerprint density at radius 2 is 1.95 bits per heavy atom. The zero-order valence-corrected chi connectivity index (χ0v) is 12.6. The smallest absolute Gasteiger partial charge is 0.340 e. The highest BCUT2D eigenvalue weighted by Gasteiger charge is 2.51. The highest BCUT2D eigenvalue weighted by molar-refractivity contribution is 7.14. The number of nitrogens with one attached hydrogen (secondary N) is 1. The van der Waals surface area contributed by atoms with Gasteiger partial charge in [0.15, 0.2) is 0 Å². The summed E-state index contributed by atoms with van der Waals surface area (Å²) in [6, 6.07) is 1.57. The van der Waals surface area contributed by atoms with Gasteiger partial charge in [0.05, 0.1) is 24.5 Å². The van der Waals surface area contributed by atoms with Crippen molar-refractivity contribution < 1.29 is 24.2 Å². The molecule has 1 saturated carbocycles. The third-order valence-electron chi connectivity index (χ3n) is 4.35. The molecule has 7 heteroatoms. The van der Waals surface area contributed by atoms with E-state index in [-0.39, 0.29) is 23.3 Å². The number of carboxylic acids is 1. The molecule has 2 aliphatic carbocycles. The fourth-order valence-electron chi connectivity index (χ4n) is 3.39. The fourth-order valence-corrected chi connectivity index (χ4v) is 4.17. The van der Waals surface area contributed by atoms with Gasteiger partial charge in [-0.1, -0.05) is 12.2 Å². The molecule has 0 aliphatic heterocycles. The first-order chi connectivity index (χ1) is 10.5. The molecular formula is C15H15NO5S. The molecule has 1 amide bonds. The Morgan fingerprint density at radius 3 is 2.59 bits per heavy atom. The summed E-state index contributed by atoms with van der Waals surface area (Å²) in [5.74, 6) is -3.25. The molecule has 0 aromatic carbocycles. The number of amides is 1. The number of carboxylic acid groups (broad SMARTS) is 1. The molecule has 22 heavy (non-hydrogen) atoms. The van der Waals surface area contributed by atoms with Gasteiger partial charge in [-0.15, -0.1) is 11.3 Å². The average molecular weight is 321 g/mol. The lowest BCUT2D eigenvalue weighted by Crippen LogP contribution is -2.36. The van der Waals surface area contributed by atoms with Crippen molar-refractivity contribution in [2.24, 2.45) is 23.7 Å². The zero-order chi connectivity index (χ0) is 15.9. The molecule has 2 aliphatic rings. The van der Waals surface area contributed by atoms with Crippen LogP contribution in [0.1, 0.15) is 16.8 Å². The van der Waals surface area contributed by atoms with Crippen LogP contribution in [0, 0.1) is 23.7 Å². The van der Waals surface area contributed by atoms with E-state index in [1.807, 2.05) is 12.2 Å². The number of ether oxygens (including phenoxy) is 1. The van der Waals surface area contributed by atoms with Gasteiger partial charge in [-0.25, -0.2) is 4.79 Å². The number of fused-ring (bicyclic) bond motifs is 2. The summed E-state index contributed by atoms with van der Waals surface area (Å²) < 4.78 is 4.66. The Balaban J connectivity index is 1.80. The van der Waals surface area contributed by atoms with Crippen molar-refractivity contribution in [1.29, 1.82) is 0 Å². The van der Waals surface area contributed by atoms with Gasteiger partial charge in [0.25, 0.3) is 0 Å². The maximum Gasteiger partial charge on any atom is 0.340 e. The van der Waals surface area contributed by atoms with Crippen molar-refractivity contribution in [2.45, 2.75) is 6.42 Å². The van der Waals surface area contributed by atoms with Gasteiger partial charge in [-0.05, 0) is 29.7 Å². The number of allylic oxidation sites excluding steroid dienone is 2. The van der Waals surface area contributed by atoms with Crippen LogP contribution in [0.4, 0.5) is 5.00 Å². The summed E-state index contributed by atoms with van der Waals surface area (Å²) in [4.78, 5) is 35.6. The van der Waals surface area contributed by atoms with Crippen LogP contribution >= 0.6 is 11.3 Å². The number of hydrogen-bond acceptors (Lipinski definition) is 5. The summed E-state index contributed by atoms with van der Waals surface area (Å²) in [5, 5.41) is 14.1. The first-order valence-electron chi connectivity index (χ1n) is 6.90. The summed E-state index contributed by atoms with van der Waals surface area (Å²) in [7, 11) is 1.27. The van der Waals surface area contributed by atoms with Crippen molar-refractivity contribution in [3.8, 4) is 0 Å². The van der Waals surface area contributed by atoms with Crippen molar-refractivity contribution in [2.75, 3.05) is 12.4 Å². The average Bonchev–Trinajstić information content (AvgIpc) is 3.20. The minimum Gasteiger partial charge on any atom is -0.481 e. The highest BCUT2D eigenvalue weighted by atomic mass is 32.1. The van der Waals surface area contributed by atoms with E-state index >= 15 is 0 Å². The number of esters is 1. The van der Waals surface area contributed by atoms with Gasteiger partial charge in [-0.3, -0.25) is 9.59 Å². The largest absolute Gasteiger partial charge is 0.481 e. The number of aliphatic carboxylic acids is 1. The van der Waals surface area contributed by atoms with Gasteiger partial charge in [0, 0.05) is 0 Å². The first kappa shape index (κ1) is 14.8. The van der Waals surface area contributed by atoms with Crippen LogP contribution in [0.2, 0.25) is 0 Å². The maximum absolute atomic E-state index is 12.5. The van der Waals surface area contributed by atoms with Crippen molar-refractivity contribution in [3.63, 3.8) is 0 Å². The van der Waals surface area contributed by atoms with Gasteiger partial charge in [0.2, 0.25) is 5.91 Å². The fraction of sp³-hybridized carbons (Fsp3) is 0.400. The minimum atomic E-state index is -0.948. The molecule has 1 fully saturated rings. The lowest BCUT2D eigenvalue weighted by molar-refractivity contribution is -0.146. The number of anilines is 1. The van der Waals surface area contributed by atoms with Crippen LogP contribution in [0.3, 0.4) is 0 Å². The molecule has 1 aromatic heterocycles. The van der Waals surface area contributed by atoms with Gasteiger partial charge in [-0.2, -0.15) is 0 Å². The van der Waals surface area contributed by atoms with E-state index in [1.54, 1.807) is 11.4 Å². The first-order valence-corrected chi connectivity index (χ1v) is 7.78. The van der Waals surface area contributed by atoms with Crippen LogP contribution in [-0.4, -0.2) is 30.1 Å². The molecule has 6 nitrogen and oxygen atoms in total. The maximum atomic E-state index is 12.5. The lowest BCUT2D eigenvalue weighted by Gasteiger charge is -2.23. The molecule has 0 unspecified atom stereocenters. The molecular weight excluding hydrogens is 306 g/mol. The second-order valence-electron chi connectivity index (χ2n) is 5.48. The predicted molar refractivity (Wildman–Crippen MR) is 79.6 cm³/mol. The number of carbonyl (C=O) groups excluding carboxylic acids is 2. The number of hydrogen-bond donors (Lipinski definition) is 2. The predicted octanol–water partition coefficient (Wildman–Crippen LogP) is 2.00. The number of methoxy groups -OCH3 is 1. The Hall–Kier alpha value is -2.15. The zero-order valence-electron chi connectivity index (χ0n) is 11.8. The molecule has 2 bridgehead atoms. The topological polar surface area (TPSA) is 92.7 Å². The molecule has 0 spiro atoms. The van der Waals surface area contributed by atoms with E-state index in [9.17, 15) is 19.5 Å². The van der Waals surface area contributed by atoms with E-state index < -0.39 is 23.8 Å². The van der Waals surface area contributed by atoms with E-state index in [0.29, 0.717) is 11.4 Å². The minimum absolute atomic E-state index is 0.0485. The highest BCUT2D eigenvalue weighted by Crippen LogP contribution is 2.48. The molecule has 0 saturated heterocycles. The quantitative estimate of drug-likeness (QED) is 0.653. The third kappa shape index (κ3) is 2.31. The molecule has 2 N–H and O–H groups in total. The van der Waals surface area contributed by atoms with Crippen LogP contribution in [0.25, 0.3) is 0 Å². The van der Waals surface area contributed by atoms with Crippen LogP contribution in [0.5, 0.6) is 0 Å². The Morgan fingerprint density at radius 1 is 1.27 bits per heavy atom. The summed E-state index contributed by atoms with van der Waals surface area (Å²) in [6.07, 6.45) is 4.51. The Bertz CT molecular complexity index is 665. The summed E-state index contributed by atoms with van der Waals surface area (Å²) in [5.41, 5.74) is 0.284. The van der Waals surface area contributed by atoms with Crippen molar-refractivity contribution >= 4 is 34.2 Å². The van der Waals surface area contributed by atoms with Crippen LogP contribution < -0.4 is 5.32 Å². The van der Waals surface area contributed by atoms with Gasteiger partial charge in [0.1, 0.15) is 5.00 Å². The standard InChI is InChI=1S/C15H15NO5S/c1-21-15(20)9-4-5-22-13(9)16-12(17)10-7-2-3-8(6-7)11(10)14(18)19/h2-5,7-8,10-11H,6H2,1H3,(H,16,17)(H,18,19)/t7-,8-,10-,11-/m0/s1. The second kappa shape index (κ2) is 5.57. The number of rotatable bonds is 4. The molecule has 4 atom stereocenters. The monoisotopic (exact) mass is 321 g/mol. The summed E-state index contributed by atoms with van der Waals surface area (Å²) >= 11 is 1.21. The van der Waals surface area contributed by atoms with Crippen LogP contribution in [0.15, 0.2) is 23.6 Å².